The van der Waals surface area contributed by atoms with Crippen LogP contribution in [0.25, 0.3) is 10.8 Å². The fourth-order valence-corrected chi connectivity index (χ4v) is 5.49. The molecule has 0 bridgehead atoms. The van der Waals surface area contributed by atoms with E-state index in [9.17, 15) is 18.0 Å². The van der Waals surface area contributed by atoms with E-state index in [0.717, 1.165) is 10.8 Å². The van der Waals surface area contributed by atoms with Crippen molar-refractivity contribution in [3.8, 4) is 0 Å². The summed E-state index contributed by atoms with van der Waals surface area (Å²) in [6.07, 6.45) is 0.793. The van der Waals surface area contributed by atoms with Gasteiger partial charge in [-0.3, -0.25) is 4.79 Å². The second-order valence-electron chi connectivity index (χ2n) is 7.99. The van der Waals surface area contributed by atoms with Crippen molar-refractivity contribution in [2.45, 2.75) is 24.3 Å². The number of fused-ring (bicyclic) bond motifs is 1. The van der Waals surface area contributed by atoms with Gasteiger partial charge < -0.3 is 9.47 Å². The third-order valence-corrected chi connectivity index (χ3v) is 7.77. The number of ether oxygens (including phenoxy) is 2. The smallest absolute Gasteiger partial charge is 0.337 e. The van der Waals surface area contributed by atoms with Crippen LogP contribution in [0.2, 0.25) is 0 Å². The quantitative estimate of drug-likeness (QED) is 0.513. The molecule has 3 aromatic carbocycles. The Labute approximate surface area is 193 Å². The molecule has 1 fully saturated rings. The summed E-state index contributed by atoms with van der Waals surface area (Å²) in [5, 5.41) is 1.85. The topological polar surface area (TPSA) is 90.0 Å². The Morgan fingerprint density at radius 2 is 1.67 bits per heavy atom. The number of carbonyl (C=O) groups is 2. The number of sulfonamides is 1. The van der Waals surface area contributed by atoms with E-state index >= 15 is 0 Å². The molecule has 0 radical (unpaired) electrons. The van der Waals surface area contributed by atoms with E-state index in [1.165, 1.54) is 11.4 Å². The average Bonchev–Trinajstić information content (AvgIpc) is 2.86. The number of nitrogens with zero attached hydrogens (tertiary/aromatic N) is 1. The van der Waals surface area contributed by atoms with Gasteiger partial charge in [-0.15, -0.1) is 0 Å². The van der Waals surface area contributed by atoms with Gasteiger partial charge in [-0.05, 0) is 53.4 Å². The molecule has 1 saturated heterocycles. The van der Waals surface area contributed by atoms with Crippen LogP contribution in [0.5, 0.6) is 0 Å². The molecule has 172 valence electrons. The number of benzene rings is 3. The van der Waals surface area contributed by atoms with Gasteiger partial charge in [0.2, 0.25) is 10.0 Å². The molecule has 0 aliphatic carbocycles. The Kier molecular flexibility index (Phi) is 6.76. The summed E-state index contributed by atoms with van der Waals surface area (Å²) >= 11 is 0. The van der Waals surface area contributed by atoms with Crippen molar-refractivity contribution in [3.05, 3.63) is 77.9 Å². The monoisotopic (exact) mass is 467 g/mol. The molecular weight excluding hydrogens is 442 g/mol. The molecule has 1 heterocycles. The van der Waals surface area contributed by atoms with Crippen LogP contribution in [0.1, 0.15) is 28.8 Å². The average molecular weight is 468 g/mol. The Morgan fingerprint density at radius 3 is 2.39 bits per heavy atom. The van der Waals surface area contributed by atoms with Crippen LogP contribution in [0.15, 0.2) is 71.6 Å². The molecule has 0 atom stereocenters. The highest BCUT2D eigenvalue weighted by Gasteiger charge is 2.33. The first-order valence-electron chi connectivity index (χ1n) is 10.7. The summed E-state index contributed by atoms with van der Waals surface area (Å²) in [5.41, 5.74) is 1.07. The van der Waals surface area contributed by atoms with Gasteiger partial charge in [-0.25, -0.2) is 13.2 Å². The van der Waals surface area contributed by atoms with Crippen molar-refractivity contribution in [2.75, 3.05) is 20.2 Å². The molecule has 0 aromatic heterocycles. The number of rotatable bonds is 6. The summed E-state index contributed by atoms with van der Waals surface area (Å²) < 4.78 is 37.8. The van der Waals surface area contributed by atoms with E-state index in [2.05, 4.69) is 0 Å². The van der Waals surface area contributed by atoms with Gasteiger partial charge >= 0.3 is 11.9 Å². The molecule has 3 aromatic rings. The fourth-order valence-electron chi connectivity index (χ4n) is 3.99. The summed E-state index contributed by atoms with van der Waals surface area (Å²) in [7, 11) is -2.33. The van der Waals surface area contributed by atoms with E-state index in [1.807, 2.05) is 30.3 Å². The Bertz CT molecular complexity index is 1280. The highest BCUT2D eigenvalue weighted by atomic mass is 32.2. The standard InChI is InChI=1S/C25H25NO6S/c1-31-24(27)22-8-4-5-18(15-22)17-32-25(28)20-11-13-26(14-12-20)33(29,30)23-10-9-19-6-2-3-7-21(19)16-23/h2-10,15-16,20H,11-14,17H2,1H3. The molecule has 1 aliphatic heterocycles. The molecule has 7 nitrogen and oxygen atoms in total. The minimum atomic E-state index is -3.64. The summed E-state index contributed by atoms with van der Waals surface area (Å²) in [6, 6.07) is 19.4. The van der Waals surface area contributed by atoms with Crippen LogP contribution in [0.4, 0.5) is 0 Å². The summed E-state index contributed by atoms with van der Waals surface area (Å²) in [4.78, 5) is 24.4. The number of hydrogen-bond donors (Lipinski definition) is 0. The van der Waals surface area contributed by atoms with Gasteiger partial charge in [-0.2, -0.15) is 4.31 Å². The minimum absolute atomic E-state index is 0.0409. The van der Waals surface area contributed by atoms with Gasteiger partial charge in [0.15, 0.2) is 0 Å². The van der Waals surface area contributed by atoms with Crippen LogP contribution >= 0.6 is 0 Å². The van der Waals surface area contributed by atoms with Gasteiger partial charge in [0.25, 0.3) is 0 Å². The van der Waals surface area contributed by atoms with Crippen molar-refractivity contribution in [1.82, 2.24) is 4.31 Å². The van der Waals surface area contributed by atoms with E-state index in [4.69, 9.17) is 9.47 Å². The zero-order valence-corrected chi connectivity index (χ0v) is 19.1. The van der Waals surface area contributed by atoms with Crippen molar-refractivity contribution in [1.29, 1.82) is 0 Å². The molecule has 0 amide bonds. The van der Waals surface area contributed by atoms with E-state index in [1.54, 1.807) is 36.4 Å². The van der Waals surface area contributed by atoms with E-state index in [-0.39, 0.29) is 36.5 Å². The Morgan fingerprint density at radius 1 is 0.939 bits per heavy atom. The van der Waals surface area contributed by atoms with Crippen molar-refractivity contribution in [2.24, 2.45) is 5.92 Å². The zero-order valence-electron chi connectivity index (χ0n) is 18.3. The molecule has 1 aliphatic rings. The van der Waals surface area contributed by atoms with Crippen molar-refractivity contribution < 1.29 is 27.5 Å². The molecule has 8 heteroatoms. The fraction of sp³-hybridized carbons (Fsp3) is 0.280. The molecule has 0 spiro atoms. The second kappa shape index (κ2) is 9.72. The Balaban J connectivity index is 1.35. The highest BCUT2D eigenvalue weighted by molar-refractivity contribution is 7.89. The number of hydrogen-bond acceptors (Lipinski definition) is 6. The maximum Gasteiger partial charge on any atom is 0.337 e. The number of carbonyl (C=O) groups excluding carboxylic acids is 2. The number of methoxy groups -OCH3 is 1. The maximum atomic E-state index is 13.1. The number of esters is 2. The van der Waals surface area contributed by atoms with Gasteiger partial charge in [0, 0.05) is 13.1 Å². The molecule has 0 N–H and O–H groups in total. The zero-order chi connectivity index (χ0) is 23.4. The van der Waals surface area contributed by atoms with Gasteiger partial charge in [-0.1, -0.05) is 42.5 Å². The molecular formula is C25H25NO6S. The summed E-state index contributed by atoms with van der Waals surface area (Å²) in [6.45, 7) is 0.554. The lowest BCUT2D eigenvalue weighted by Gasteiger charge is -2.30. The normalized spacial score (nSPS) is 15.3. The maximum absolute atomic E-state index is 13.1. The molecule has 0 saturated carbocycles. The molecule has 4 rings (SSSR count). The lowest BCUT2D eigenvalue weighted by Crippen LogP contribution is -2.40. The predicted octanol–water partition coefficient (Wildman–Crippen LogP) is 3.77. The van der Waals surface area contributed by atoms with Crippen LogP contribution in [0, 0.1) is 5.92 Å². The first-order valence-corrected chi connectivity index (χ1v) is 12.2. The van der Waals surface area contributed by atoms with Crippen LogP contribution in [-0.2, 0) is 30.9 Å². The van der Waals surface area contributed by atoms with Crippen molar-refractivity contribution in [3.63, 3.8) is 0 Å². The summed E-state index contributed by atoms with van der Waals surface area (Å²) in [5.74, 6) is -1.18. The van der Waals surface area contributed by atoms with Crippen LogP contribution in [-0.4, -0.2) is 44.9 Å². The second-order valence-corrected chi connectivity index (χ2v) is 9.92. The lowest BCUT2D eigenvalue weighted by atomic mass is 9.98. The number of piperidine rings is 1. The van der Waals surface area contributed by atoms with Crippen LogP contribution < -0.4 is 0 Å². The van der Waals surface area contributed by atoms with Gasteiger partial charge in [0.05, 0.1) is 23.5 Å². The lowest BCUT2D eigenvalue weighted by molar-refractivity contribution is -0.151. The van der Waals surface area contributed by atoms with Crippen LogP contribution in [0.3, 0.4) is 0 Å². The molecule has 33 heavy (non-hydrogen) atoms. The highest BCUT2D eigenvalue weighted by Crippen LogP contribution is 2.27. The Hall–Kier alpha value is -3.23. The predicted molar refractivity (Wildman–Crippen MR) is 123 cm³/mol. The van der Waals surface area contributed by atoms with Gasteiger partial charge in [0.1, 0.15) is 6.61 Å². The SMILES string of the molecule is COC(=O)c1cccc(COC(=O)C2CCN(S(=O)(=O)c3ccc4ccccc4c3)CC2)c1. The third-order valence-electron chi connectivity index (χ3n) is 5.88. The minimum Gasteiger partial charge on any atom is -0.465 e. The first kappa shape index (κ1) is 22.9. The largest absolute Gasteiger partial charge is 0.465 e. The van der Waals surface area contributed by atoms with E-state index < -0.39 is 16.0 Å². The van der Waals surface area contributed by atoms with E-state index in [0.29, 0.717) is 24.0 Å². The van der Waals surface area contributed by atoms with Crippen molar-refractivity contribution >= 4 is 32.7 Å². The first-order chi connectivity index (χ1) is 15.9. The third kappa shape index (κ3) is 5.07. The molecule has 0 unspecified atom stereocenters.